The molecule has 0 aromatic heterocycles. The zero-order chi connectivity index (χ0) is 16.5. The molecule has 1 aromatic carbocycles. The number of hydrogen-bond donors (Lipinski definition) is 2. The molecule has 6 nitrogen and oxygen atoms in total. The van der Waals surface area contributed by atoms with Crippen LogP contribution in [-0.4, -0.2) is 25.0 Å². The van der Waals surface area contributed by atoms with Crippen LogP contribution in [0.1, 0.15) is 31.2 Å². The van der Waals surface area contributed by atoms with Crippen molar-refractivity contribution in [1.29, 1.82) is 5.26 Å². The minimum atomic E-state index is -0.290. The van der Waals surface area contributed by atoms with Crippen molar-refractivity contribution in [3.63, 3.8) is 0 Å². The fourth-order valence-electron chi connectivity index (χ4n) is 2.47. The van der Waals surface area contributed by atoms with Crippen molar-refractivity contribution in [2.45, 2.75) is 32.2 Å². The largest absolute Gasteiger partial charge is 0.381 e. The molecular formula is C17H21N3O3. The summed E-state index contributed by atoms with van der Waals surface area (Å²) in [6, 6.07) is 9.11. The maximum absolute atomic E-state index is 12.0. The average molecular weight is 315 g/mol. The molecule has 0 bridgehead atoms. The predicted octanol–water partition coefficient (Wildman–Crippen LogP) is 1.97. The number of rotatable bonds is 6. The van der Waals surface area contributed by atoms with E-state index in [2.05, 4.69) is 10.6 Å². The lowest BCUT2D eigenvalue weighted by molar-refractivity contribution is -0.120. The first kappa shape index (κ1) is 17.0. The van der Waals surface area contributed by atoms with Crippen LogP contribution in [0.25, 0.3) is 0 Å². The molecule has 0 spiro atoms. The zero-order valence-corrected chi connectivity index (χ0v) is 13.0. The summed E-state index contributed by atoms with van der Waals surface area (Å²) in [5.41, 5.74) is 1.66. The molecule has 1 aliphatic rings. The Morgan fingerprint density at radius 1 is 1.17 bits per heavy atom. The van der Waals surface area contributed by atoms with E-state index >= 15 is 0 Å². The molecule has 1 saturated heterocycles. The van der Waals surface area contributed by atoms with Gasteiger partial charge in [-0.3, -0.25) is 9.59 Å². The van der Waals surface area contributed by atoms with E-state index in [-0.39, 0.29) is 18.2 Å². The Bertz CT molecular complexity index is 572. The van der Waals surface area contributed by atoms with Gasteiger partial charge in [0.15, 0.2) is 0 Å². The standard InChI is InChI=1S/C17H21N3O3/c18-8-5-16(21)19-12-14-1-3-15(4-2-14)20-17(22)11-13-6-9-23-10-7-13/h1-4,13H,5-7,9-12H2,(H,19,21)(H,20,22). The first-order chi connectivity index (χ1) is 11.2. The first-order valence-electron chi connectivity index (χ1n) is 7.77. The summed E-state index contributed by atoms with van der Waals surface area (Å²) < 4.78 is 5.29. The summed E-state index contributed by atoms with van der Waals surface area (Å²) in [5, 5.41) is 14.0. The number of nitriles is 1. The Hall–Kier alpha value is -2.39. The molecule has 2 N–H and O–H groups in total. The van der Waals surface area contributed by atoms with E-state index in [1.165, 1.54) is 0 Å². The van der Waals surface area contributed by atoms with Crippen LogP contribution in [0.2, 0.25) is 0 Å². The summed E-state index contributed by atoms with van der Waals surface area (Å²) in [6.45, 7) is 1.85. The summed E-state index contributed by atoms with van der Waals surface area (Å²) in [5.74, 6) is 0.131. The molecule has 1 aliphatic heterocycles. The summed E-state index contributed by atoms with van der Waals surface area (Å²) >= 11 is 0. The maximum atomic E-state index is 12.0. The number of nitrogens with one attached hydrogen (secondary N) is 2. The smallest absolute Gasteiger partial charge is 0.234 e. The van der Waals surface area contributed by atoms with E-state index in [4.69, 9.17) is 10.00 Å². The van der Waals surface area contributed by atoms with Gasteiger partial charge in [-0.1, -0.05) is 12.1 Å². The highest BCUT2D eigenvalue weighted by Gasteiger charge is 2.17. The highest BCUT2D eigenvalue weighted by Crippen LogP contribution is 2.19. The van der Waals surface area contributed by atoms with Crippen molar-refractivity contribution in [3.05, 3.63) is 29.8 Å². The lowest BCUT2D eigenvalue weighted by atomic mass is 9.96. The van der Waals surface area contributed by atoms with E-state index in [1.54, 1.807) is 6.07 Å². The molecular weight excluding hydrogens is 294 g/mol. The van der Waals surface area contributed by atoms with Crippen molar-refractivity contribution in [2.75, 3.05) is 18.5 Å². The fraction of sp³-hybridized carbons (Fsp3) is 0.471. The van der Waals surface area contributed by atoms with Crippen LogP contribution in [-0.2, 0) is 20.9 Å². The van der Waals surface area contributed by atoms with Gasteiger partial charge < -0.3 is 15.4 Å². The minimum Gasteiger partial charge on any atom is -0.381 e. The lowest BCUT2D eigenvalue weighted by Crippen LogP contribution is -2.22. The molecule has 6 heteroatoms. The minimum absolute atomic E-state index is 0.0203. The third-order valence-corrected chi connectivity index (χ3v) is 3.78. The van der Waals surface area contributed by atoms with Crippen LogP contribution in [0.4, 0.5) is 5.69 Å². The molecule has 1 fully saturated rings. The summed E-state index contributed by atoms with van der Waals surface area (Å²) in [6.07, 6.45) is 2.26. The number of amides is 2. The molecule has 0 aliphatic carbocycles. The van der Waals surface area contributed by atoms with Gasteiger partial charge in [0.2, 0.25) is 11.8 Å². The third kappa shape index (κ3) is 6.09. The summed E-state index contributed by atoms with van der Waals surface area (Å²) in [4.78, 5) is 23.2. The van der Waals surface area contributed by atoms with E-state index in [0.717, 1.165) is 37.3 Å². The Morgan fingerprint density at radius 2 is 1.87 bits per heavy atom. The Labute approximate surface area is 135 Å². The van der Waals surface area contributed by atoms with Crippen LogP contribution in [0.15, 0.2) is 24.3 Å². The molecule has 23 heavy (non-hydrogen) atoms. The van der Waals surface area contributed by atoms with Crippen LogP contribution < -0.4 is 10.6 Å². The highest BCUT2D eigenvalue weighted by atomic mass is 16.5. The van der Waals surface area contributed by atoms with Crippen molar-refractivity contribution in [2.24, 2.45) is 5.92 Å². The SMILES string of the molecule is N#CCC(=O)NCc1ccc(NC(=O)CC2CCOCC2)cc1. The molecule has 0 atom stereocenters. The van der Waals surface area contributed by atoms with Crippen LogP contribution in [0.3, 0.4) is 0 Å². The van der Waals surface area contributed by atoms with Crippen molar-refractivity contribution in [3.8, 4) is 6.07 Å². The van der Waals surface area contributed by atoms with Gasteiger partial charge >= 0.3 is 0 Å². The fourth-order valence-corrected chi connectivity index (χ4v) is 2.47. The summed E-state index contributed by atoms with van der Waals surface area (Å²) in [7, 11) is 0. The van der Waals surface area contributed by atoms with Gasteiger partial charge in [-0.25, -0.2) is 0 Å². The third-order valence-electron chi connectivity index (χ3n) is 3.78. The number of hydrogen-bond acceptors (Lipinski definition) is 4. The Morgan fingerprint density at radius 3 is 2.52 bits per heavy atom. The van der Waals surface area contributed by atoms with Crippen LogP contribution in [0, 0.1) is 17.2 Å². The molecule has 2 amide bonds. The molecule has 1 heterocycles. The van der Waals surface area contributed by atoms with Gasteiger partial charge in [-0.2, -0.15) is 5.26 Å². The van der Waals surface area contributed by atoms with E-state index in [1.807, 2.05) is 24.3 Å². The topological polar surface area (TPSA) is 91.2 Å². The maximum Gasteiger partial charge on any atom is 0.234 e. The van der Waals surface area contributed by atoms with Crippen LogP contribution >= 0.6 is 0 Å². The molecule has 0 radical (unpaired) electrons. The number of benzene rings is 1. The number of carbonyl (C=O) groups is 2. The zero-order valence-electron chi connectivity index (χ0n) is 13.0. The molecule has 2 rings (SSSR count). The van der Waals surface area contributed by atoms with E-state index in [9.17, 15) is 9.59 Å². The van der Waals surface area contributed by atoms with Gasteiger partial charge in [-0.05, 0) is 36.5 Å². The van der Waals surface area contributed by atoms with E-state index in [0.29, 0.717) is 18.9 Å². The second-order valence-electron chi connectivity index (χ2n) is 5.62. The predicted molar refractivity (Wildman–Crippen MR) is 85.3 cm³/mol. The molecule has 0 saturated carbocycles. The van der Waals surface area contributed by atoms with E-state index < -0.39 is 0 Å². The Kier molecular flexibility index (Phi) is 6.57. The monoisotopic (exact) mass is 315 g/mol. The van der Waals surface area contributed by atoms with Gasteiger partial charge in [0.25, 0.3) is 0 Å². The lowest BCUT2D eigenvalue weighted by Gasteiger charge is -2.21. The van der Waals surface area contributed by atoms with Crippen molar-refractivity contribution in [1.82, 2.24) is 5.32 Å². The van der Waals surface area contributed by atoms with Gasteiger partial charge in [0, 0.05) is 31.9 Å². The number of carbonyl (C=O) groups excluding carboxylic acids is 2. The number of ether oxygens (including phenoxy) is 1. The second kappa shape index (κ2) is 8.91. The van der Waals surface area contributed by atoms with Crippen LogP contribution in [0.5, 0.6) is 0 Å². The second-order valence-corrected chi connectivity index (χ2v) is 5.62. The van der Waals surface area contributed by atoms with Gasteiger partial charge in [0.1, 0.15) is 6.42 Å². The highest BCUT2D eigenvalue weighted by molar-refractivity contribution is 5.90. The molecule has 0 unspecified atom stereocenters. The quantitative estimate of drug-likeness (QED) is 0.839. The number of nitrogens with zero attached hydrogens (tertiary/aromatic N) is 1. The molecule has 122 valence electrons. The van der Waals surface area contributed by atoms with Crippen molar-refractivity contribution < 1.29 is 14.3 Å². The first-order valence-corrected chi connectivity index (χ1v) is 7.77. The Balaban J connectivity index is 1.76. The van der Waals surface area contributed by atoms with Gasteiger partial charge in [0.05, 0.1) is 6.07 Å². The van der Waals surface area contributed by atoms with Gasteiger partial charge in [-0.15, -0.1) is 0 Å². The average Bonchev–Trinajstić information content (AvgIpc) is 2.55. The van der Waals surface area contributed by atoms with Crippen molar-refractivity contribution >= 4 is 17.5 Å². The normalized spacial score (nSPS) is 14.7. The number of anilines is 1. The molecule has 1 aromatic rings.